The van der Waals surface area contributed by atoms with E-state index < -0.39 is 24.0 Å². The Labute approximate surface area is 234 Å². The maximum Gasteiger partial charge on any atom is 0.325 e. The summed E-state index contributed by atoms with van der Waals surface area (Å²) in [6, 6.07) is 2.17. The van der Waals surface area contributed by atoms with Crippen molar-refractivity contribution >= 4 is 11.8 Å². The third-order valence-corrected chi connectivity index (χ3v) is 8.48. The molecule has 10 heteroatoms. The lowest BCUT2D eigenvalue weighted by Gasteiger charge is -2.30. The number of carboxylic acids is 1. The number of fused-ring (bicyclic) bond motifs is 1. The average Bonchev–Trinajstić information content (AvgIpc) is 3.45. The molecule has 40 heavy (non-hydrogen) atoms. The number of carbonyl (C=O) groups is 1. The number of ether oxygens (including phenoxy) is 2. The number of aliphatic carboxylic acids is 1. The van der Waals surface area contributed by atoms with Gasteiger partial charge in [-0.3, -0.25) is 14.7 Å². The molecule has 3 aliphatic rings. The Morgan fingerprint density at radius 2 is 2.15 bits per heavy atom. The number of pyridine rings is 2. The molecule has 3 unspecified atom stereocenters. The van der Waals surface area contributed by atoms with Gasteiger partial charge in [-0.15, -0.1) is 0 Å². The quantitative estimate of drug-likeness (QED) is 0.353. The Balaban J connectivity index is 1.17. The molecule has 5 rings (SSSR count). The molecule has 8 nitrogen and oxygen atoms in total. The molecule has 0 aliphatic carbocycles. The maximum absolute atomic E-state index is 15.3. The zero-order valence-corrected chi connectivity index (χ0v) is 23.2. The summed E-state index contributed by atoms with van der Waals surface area (Å²) in [7, 11) is 1.68. The Bertz CT molecular complexity index is 1160. The lowest BCUT2D eigenvalue weighted by Crippen LogP contribution is -2.35. The lowest BCUT2D eigenvalue weighted by atomic mass is 9.96. The highest BCUT2D eigenvalue weighted by Crippen LogP contribution is 2.37. The smallest absolute Gasteiger partial charge is 0.325 e. The van der Waals surface area contributed by atoms with Crippen LogP contribution in [0.4, 0.5) is 14.6 Å². The number of nitrogens with zero attached hydrogens (tertiary/aromatic N) is 3. The minimum Gasteiger partial charge on any atom is -0.496 e. The molecule has 5 heterocycles. The summed E-state index contributed by atoms with van der Waals surface area (Å²) in [5.41, 5.74) is 2.87. The minimum atomic E-state index is -1.08. The zero-order valence-electron chi connectivity index (χ0n) is 23.2. The predicted octanol–water partition coefficient (Wildman–Crippen LogP) is 5.42. The van der Waals surface area contributed by atoms with Gasteiger partial charge < -0.3 is 19.9 Å². The van der Waals surface area contributed by atoms with Crippen LogP contribution in [0.2, 0.25) is 0 Å². The first-order valence-electron chi connectivity index (χ1n) is 14.6. The number of halogens is 2. The molecular formula is C30H40F2N4O4. The van der Waals surface area contributed by atoms with Gasteiger partial charge in [0.15, 0.2) is 0 Å². The first-order chi connectivity index (χ1) is 19.4. The van der Waals surface area contributed by atoms with Crippen molar-refractivity contribution < 1.29 is 28.2 Å². The van der Waals surface area contributed by atoms with Crippen molar-refractivity contribution in [3.8, 4) is 5.75 Å². The van der Waals surface area contributed by atoms with Crippen molar-refractivity contribution in [3.63, 3.8) is 0 Å². The van der Waals surface area contributed by atoms with E-state index in [0.717, 1.165) is 80.5 Å². The van der Waals surface area contributed by atoms with Gasteiger partial charge in [0, 0.05) is 48.5 Å². The molecule has 2 aromatic heterocycles. The van der Waals surface area contributed by atoms with Gasteiger partial charge in [-0.05, 0) is 70.4 Å². The number of nitrogens with one attached hydrogen (secondary N) is 1. The van der Waals surface area contributed by atoms with Crippen molar-refractivity contribution in [2.24, 2.45) is 5.92 Å². The number of aromatic nitrogens is 2. The van der Waals surface area contributed by atoms with E-state index in [2.05, 4.69) is 10.3 Å². The molecule has 0 bridgehead atoms. The second kappa shape index (κ2) is 13.2. The third-order valence-electron chi connectivity index (χ3n) is 8.48. The van der Waals surface area contributed by atoms with Gasteiger partial charge in [-0.2, -0.15) is 0 Å². The van der Waals surface area contributed by atoms with Gasteiger partial charge in [0.1, 0.15) is 29.6 Å². The van der Waals surface area contributed by atoms with Crippen LogP contribution in [0.1, 0.15) is 86.0 Å². The normalized spacial score (nSPS) is 22.8. The molecule has 2 aromatic rings. The van der Waals surface area contributed by atoms with Crippen LogP contribution in [0.5, 0.6) is 5.75 Å². The number of likely N-dealkylation sites (tertiary alicyclic amines) is 1. The molecule has 2 fully saturated rings. The molecular weight excluding hydrogens is 518 g/mol. The van der Waals surface area contributed by atoms with Gasteiger partial charge >= 0.3 is 5.97 Å². The van der Waals surface area contributed by atoms with Crippen molar-refractivity contribution in [3.05, 3.63) is 46.7 Å². The first kappa shape index (κ1) is 28.7. The summed E-state index contributed by atoms with van der Waals surface area (Å²) in [5, 5.41) is 13.5. The highest BCUT2D eigenvalue weighted by Gasteiger charge is 2.39. The van der Waals surface area contributed by atoms with E-state index in [1.165, 1.54) is 6.07 Å². The predicted molar refractivity (Wildman–Crippen MR) is 147 cm³/mol. The number of carboxylic acid groups (broad SMARTS) is 1. The van der Waals surface area contributed by atoms with Crippen molar-refractivity contribution in [1.29, 1.82) is 0 Å². The molecule has 0 saturated carbocycles. The number of hydrogen-bond donors (Lipinski definition) is 2. The zero-order chi connectivity index (χ0) is 28.1. The summed E-state index contributed by atoms with van der Waals surface area (Å²) < 4.78 is 41.0. The molecule has 0 aromatic carbocycles. The summed E-state index contributed by atoms with van der Waals surface area (Å²) in [5.74, 6) is -0.162. The third kappa shape index (κ3) is 6.54. The molecule has 0 amide bonds. The van der Waals surface area contributed by atoms with Gasteiger partial charge in [0.05, 0.1) is 25.1 Å². The van der Waals surface area contributed by atoms with E-state index in [1.54, 1.807) is 12.0 Å². The van der Waals surface area contributed by atoms with Crippen LogP contribution >= 0.6 is 0 Å². The Kier molecular flexibility index (Phi) is 9.47. The number of hydrogen-bond acceptors (Lipinski definition) is 7. The average molecular weight is 559 g/mol. The molecule has 218 valence electrons. The van der Waals surface area contributed by atoms with Crippen molar-refractivity contribution in [2.75, 3.05) is 38.7 Å². The first-order valence-corrected chi connectivity index (χ1v) is 14.6. The largest absolute Gasteiger partial charge is 0.496 e. The Morgan fingerprint density at radius 1 is 1.27 bits per heavy atom. The number of anilines is 1. The number of methoxy groups -OCH3 is 1. The highest BCUT2D eigenvalue weighted by atomic mass is 19.1. The number of alkyl halides is 1. The molecule has 0 spiro atoms. The van der Waals surface area contributed by atoms with Gasteiger partial charge in [-0.25, -0.2) is 13.8 Å². The highest BCUT2D eigenvalue weighted by molar-refractivity contribution is 5.76. The lowest BCUT2D eigenvalue weighted by molar-refractivity contribution is -0.143. The van der Waals surface area contributed by atoms with Gasteiger partial charge in [-0.1, -0.05) is 6.42 Å². The van der Waals surface area contributed by atoms with Crippen LogP contribution in [-0.2, 0) is 22.4 Å². The van der Waals surface area contributed by atoms with Crippen molar-refractivity contribution in [1.82, 2.24) is 14.9 Å². The van der Waals surface area contributed by atoms with E-state index in [1.807, 2.05) is 6.07 Å². The van der Waals surface area contributed by atoms with E-state index >= 15 is 4.39 Å². The number of unbranched alkanes of at least 4 members (excludes halogenated alkanes) is 1. The molecule has 0 radical (unpaired) electrons. The van der Waals surface area contributed by atoms with Crippen LogP contribution < -0.4 is 10.1 Å². The molecule has 4 atom stereocenters. The van der Waals surface area contributed by atoms with E-state index in [0.29, 0.717) is 50.2 Å². The summed E-state index contributed by atoms with van der Waals surface area (Å²) in [4.78, 5) is 23.2. The second-order valence-corrected chi connectivity index (χ2v) is 11.2. The molecule has 2 N–H and O–H groups in total. The van der Waals surface area contributed by atoms with Crippen LogP contribution in [0, 0.1) is 11.7 Å². The van der Waals surface area contributed by atoms with E-state index in [4.69, 9.17) is 14.5 Å². The van der Waals surface area contributed by atoms with Crippen LogP contribution in [0.25, 0.3) is 0 Å². The fourth-order valence-corrected chi connectivity index (χ4v) is 6.39. The number of rotatable bonds is 11. The monoisotopic (exact) mass is 558 g/mol. The maximum atomic E-state index is 15.3. The number of aryl methyl sites for hydroxylation is 1. The van der Waals surface area contributed by atoms with Crippen molar-refractivity contribution in [2.45, 2.75) is 82.5 Å². The fourth-order valence-electron chi connectivity index (χ4n) is 6.39. The summed E-state index contributed by atoms with van der Waals surface area (Å²) in [6.07, 6.45) is 7.61. The minimum absolute atomic E-state index is 0.260. The fraction of sp³-hybridized carbons (Fsp3) is 0.633. The van der Waals surface area contributed by atoms with E-state index in [-0.39, 0.29) is 12.0 Å². The standard InChI is InChI=1S/C30H40F2N4O4/c1-39-26-16-21(35-29-22(26)8-6-12-33-29)7-2-3-9-24(32)19-11-13-36(18-19)28(30(37)38)23-15-20(31)17-34-27(23)25-10-4-5-14-40-25/h15-17,19,24-25,28H,2-14,18H2,1H3,(H,33,35)(H,37,38)/t19-,24?,25?,28?/m1/s1. The summed E-state index contributed by atoms with van der Waals surface area (Å²) in [6.45, 7) is 2.23. The molecule has 2 saturated heterocycles. The van der Waals surface area contributed by atoms with Crippen LogP contribution in [-0.4, -0.2) is 65.5 Å². The van der Waals surface area contributed by atoms with Gasteiger partial charge in [0.2, 0.25) is 0 Å². The van der Waals surface area contributed by atoms with Gasteiger partial charge in [0.25, 0.3) is 0 Å². The topological polar surface area (TPSA) is 96.8 Å². The second-order valence-electron chi connectivity index (χ2n) is 11.2. The Morgan fingerprint density at radius 3 is 2.92 bits per heavy atom. The Hall–Kier alpha value is -2.85. The van der Waals surface area contributed by atoms with E-state index in [9.17, 15) is 14.3 Å². The SMILES string of the molecule is COc1cc(CCCCC(F)[C@@H]2CCN(C(C(=O)O)c3cc(F)cnc3C3CCCCO3)C2)nc2c1CCCN2. The van der Waals surface area contributed by atoms with Crippen LogP contribution in [0.15, 0.2) is 18.3 Å². The molecule has 3 aliphatic heterocycles. The summed E-state index contributed by atoms with van der Waals surface area (Å²) >= 11 is 0. The van der Waals surface area contributed by atoms with Crippen LogP contribution in [0.3, 0.4) is 0 Å².